The molecule has 0 amide bonds. The van der Waals surface area contributed by atoms with E-state index in [4.69, 9.17) is 5.73 Å². The summed E-state index contributed by atoms with van der Waals surface area (Å²) in [5.74, 6) is 0. The largest absolute Gasteiger partial charge is 0.326 e. The number of rotatable bonds is 3. The molecule has 0 atom stereocenters. The molecule has 1 radical (unpaired) electrons. The highest BCUT2D eigenvalue weighted by atomic mass is 16.6. The number of benzene rings is 1. The van der Waals surface area contributed by atoms with Gasteiger partial charge in [-0.1, -0.05) is 0 Å². The fourth-order valence-corrected chi connectivity index (χ4v) is 1.04. The van der Waals surface area contributed by atoms with Gasteiger partial charge in [-0.15, -0.1) is 0 Å². The van der Waals surface area contributed by atoms with Gasteiger partial charge < -0.3 is 5.73 Å². The zero-order chi connectivity index (χ0) is 10.7. The second-order valence-corrected chi connectivity index (χ2v) is 2.42. The third kappa shape index (κ3) is 1.67. The maximum atomic E-state index is 10.5. The molecule has 0 aromatic heterocycles. The van der Waals surface area contributed by atoms with Crippen molar-refractivity contribution in [2.45, 2.75) is 6.54 Å². The van der Waals surface area contributed by atoms with Crippen molar-refractivity contribution in [2.75, 3.05) is 0 Å². The maximum absolute atomic E-state index is 10.5. The SMILES string of the molecule is NCc1c([N+](=O)[O-])c[c]cc1[N+](=O)[O-]. The summed E-state index contributed by atoms with van der Waals surface area (Å²) < 4.78 is 0. The lowest BCUT2D eigenvalue weighted by atomic mass is 10.1. The van der Waals surface area contributed by atoms with Crippen molar-refractivity contribution >= 4 is 11.4 Å². The van der Waals surface area contributed by atoms with Gasteiger partial charge in [-0.3, -0.25) is 20.2 Å². The molecule has 0 spiro atoms. The highest BCUT2D eigenvalue weighted by molar-refractivity contribution is 5.52. The van der Waals surface area contributed by atoms with Gasteiger partial charge in [-0.25, -0.2) is 0 Å². The summed E-state index contributed by atoms with van der Waals surface area (Å²) in [6.45, 7) is -0.249. The predicted molar refractivity (Wildman–Crippen MR) is 46.5 cm³/mol. The third-order valence-corrected chi connectivity index (χ3v) is 1.66. The summed E-state index contributed by atoms with van der Waals surface area (Å²) in [7, 11) is 0. The predicted octanol–water partition coefficient (Wildman–Crippen LogP) is 0.762. The quantitative estimate of drug-likeness (QED) is 0.566. The van der Waals surface area contributed by atoms with Crippen molar-refractivity contribution in [3.63, 3.8) is 0 Å². The Kier molecular flexibility index (Phi) is 2.73. The Labute approximate surface area is 78.4 Å². The first-order valence-electron chi connectivity index (χ1n) is 3.59. The van der Waals surface area contributed by atoms with Crippen LogP contribution in [0, 0.1) is 26.3 Å². The molecule has 0 fully saturated rings. The Hall–Kier alpha value is -2.02. The molecule has 0 aliphatic heterocycles. The molecule has 0 aliphatic carbocycles. The van der Waals surface area contributed by atoms with Gasteiger partial charge in [0.2, 0.25) is 0 Å². The molecule has 73 valence electrons. The Morgan fingerprint density at radius 1 is 1.21 bits per heavy atom. The first kappa shape index (κ1) is 10.1. The number of nitro benzene ring substituents is 2. The molecular weight excluding hydrogens is 190 g/mol. The summed E-state index contributed by atoms with van der Waals surface area (Å²) >= 11 is 0. The van der Waals surface area contributed by atoms with E-state index in [-0.39, 0.29) is 23.5 Å². The topological polar surface area (TPSA) is 112 Å². The van der Waals surface area contributed by atoms with Crippen LogP contribution in [0.25, 0.3) is 0 Å². The van der Waals surface area contributed by atoms with E-state index in [0.717, 1.165) is 12.1 Å². The van der Waals surface area contributed by atoms with Crippen molar-refractivity contribution in [3.8, 4) is 0 Å². The molecule has 0 bridgehead atoms. The molecular formula is C7H6N3O4. The number of nitro groups is 2. The monoisotopic (exact) mass is 196 g/mol. The van der Waals surface area contributed by atoms with E-state index in [1.54, 1.807) is 0 Å². The van der Waals surface area contributed by atoms with E-state index in [0.29, 0.717) is 0 Å². The second kappa shape index (κ2) is 3.79. The van der Waals surface area contributed by atoms with Gasteiger partial charge in [0.25, 0.3) is 11.4 Å². The molecule has 1 aromatic rings. The molecule has 2 N–H and O–H groups in total. The fourth-order valence-electron chi connectivity index (χ4n) is 1.04. The summed E-state index contributed by atoms with van der Waals surface area (Å²) in [5.41, 5.74) is 4.37. The van der Waals surface area contributed by atoms with E-state index in [1.807, 2.05) is 0 Å². The normalized spacial score (nSPS) is 9.79. The van der Waals surface area contributed by atoms with Gasteiger partial charge in [0.15, 0.2) is 0 Å². The minimum atomic E-state index is -0.717. The summed E-state index contributed by atoms with van der Waals surface area (Å²) in [4.78, 5) is 19.5. The number of hydrogen-bond acceptors (Lipinski definition) is 5. The summed E-state index contributed by atoms with van der Waals surface area (Å²) in [6.07, 6.45) is 0. The third-order valence-electron chi connectivity index (χ3n) is 1.66. The molecule has 1 rings (SSSR count). The average molecular weight is 196 g/mol. The van der Waals surface area contributed by atoms with Gasteiger partial charge in [0, 0.05) is 18.7 Å². The van der Waals surface area contributed by atoms with Crippen LogP contribution >= 0.6 is 0 Å². The van der Waals surface area contributed by atoms with Crippen LogP contribution in [0.3, 0.4) is 0 Å². The Morgan fingerprint density at radius 2 is 1.64 bits per heavy atom. The molecule has 0 aliphatic rings. The molecule has 7 heteroatoms. The van der Waals surface area contributed by atoms with E-state index in [1.165, 1.54) is 0 Å². The first-order valence-corrected chi connectivity index (χ1v) is 3.59. The first-order chi connectivity index (χ1) is 6.57. The van der Waals surface area contributed by atoms with Crippen LogP contribution in [0.2, 0.25) is 0 Å². The van der Waals surface area contributed by atoms with Crippen LogP contribution in [0.5, 0.6) is 0 Å². The standard InChI is InChI=1S/C7H6N3O4/c8-4-5-6(9(11)12)2-1-3-7(5)10(13)14/h2-3H,4,8H2. The molecule has 14 heavy (non-hydrogen) atoms. The van der Waals surface area contributed by atoms with Gasteiger partial charge in [0.1, 0.15) is 5.56 Å². The Balaban J connectivity index is 3.39. The minimum absolute atomic E-state index is 0.0845. The molecule has 0 saturated carbocycles. The van der Waals surface area contributed by atoms with Crippen LogP contribution in [0.15, 0.2) is 12.1 Å². The van der Waals surface area contributed by atoms with Crippen LogP contribution < -0.4 is 5.73 Å². The van der Waals surface area contributed by atoms with E-state index < -0.39 is 9.85 Å². The lowest BCUT2D eigenvalue weighted by Gasteiger charge is -1.99. The van der Waals surface area contributed by atoms with E-state index in [2.05, 4.69) is 6.07 Å². The van der Waals surface area contributed by atoms with Crippen molar-refractivity contribution in [1.82, 2.24) is 0 Å². The van der Waals surface area contributed by atoms with E-state index >= 15 is 0 Å². The zero-order valence-electron chi connectivity index (χ0n) is 6.97. The van der Waals surface area contributed by atoms with Gasteiger partial charge >= 0.3 is 0 Å². The molecule has 0 heterocycles. The Bertz CT molecular complexity index is 358. The maximum Gasteiger partial charge on any atom is 0.281 e. The van der Waals surface area contributed by atoms with Crippen LogP contribution in [0.4, 0.5) is 11.4 Å². The van der Waals surface area contributed by atoms with Gasteiger partial charge in [0.05, 0.1) is 9.85 Å². The number of nitrogens with two attached hydrogens (primary N) is 1. The fraction of sp³-hybridized carbons (Fsp3) is 0.143. The molecule has 0 saturated heterocycles. The van der Waals surface area contributed by atoms with Crippen molar-refractivity contribution < 1.29 is 9.85 Å². The van der Waals surface area contributed by atoms with E-state index in [9.17, 15) is 20.2 Å². The molecule has 7 nitrogen and oxygen atoms in total. The van der Waals surface area contributed by atoms with Crippen LogP contribution in [0.1, 0.15) is 5.56 Å². The Morgan fingerprint density at radius 3 is 1.93 bits per heavy atom. The van der Waals surface area contributed by atoms with Crippen LogP contribution in [-0.4, -0.2) is 9.85 Å². The minimum Gasteiger partial charge on any atom is -0.326 e. The van der Waals surface area contributed by atoms with Crippen molar-refractivity contribution in [3.05, 3.63) is 44.0 Å². The highest BCUT2D eigenvalue weighted by Gasteiger charge is 2.22. The second-order valence-electron chi connectivity index (χ2n) is 2.42. The lowest BCUT2D eigenvalue weighted by molar-refractivity contribution is -0.395. The van der Waals surface area contributed by atoms with Gasteiger partial charge in [-0.2, -0.15) is 0 Å². The summed E-state index contributed by atoms with van der Waals surface area (Å²) in [5, 5.41) is 20.9. The smallest absolute Gasteiger partial charge is 0.281 e. The summed E-state index contributed by atoms with van der Waals surface area (Å²) in [6, 6.07) is 4.46. The lowest BCUT2D eigenvalue weighted by Crippen LogP contribution is -2.05. The van der Waals surface area contributed by atoms with Gasteiger partial charge in [-0.05, 0) is 6.07 Å². The zero-order valence-corrected chi connectivity index (χ0v) is 6.97. The number of nitrogens with zero attached hydrogens (tertiary/aromatic N) is 2. The molecule has 1 aromatic carbocycles. The average Bonchev–Trinajstić information content (AvgIpc) is 2.16. The molecule has 0 unspecified atom stereocenters. The van der Waals surface area contributed by atoms with Crippen molar-refractivity contribution in [2.24, 2.45) is 5.73 Å². The highest BCUT2D eigenvalue weighted by Crippen LogP contribution is 2.26. The van der Waals surface area contributed by atoms with Crippen molar-refractivity contribution in [1.29, 1.82) is 0 Å². The van der Waals surface area contributed by atoms with Crippen LogP contribution in [-0.2, 0) is 6.54 Å². The number of hydrogen-bond donors (Lipinski definition) is 1.